The summed E-state index contributed by atoms with van der Waals surface area (Å²) in [6, 6.07) is 4.20. The summed E-state index contributed by atoms with van der Waals surface area (Å²) in [6.45, 7) is 0.0939. The zero-order valence-corrected chi connectivity index (χ0v) is 9.85. The van der Waals surface area contributed by atoms with Gasteiger partial charge in [-0.15, -0.1) is 0 Å². The molecule has 1 heterocycles. The second-order valence-electron chi connectivity index (χ2n) is 4.11. The van der Waals surface area contributed by atoms with E-state index in [0.717, 1.165) is 0 Å². The third-order valence-corrected chi connectivity index (χ3v) is 2.95. The first-order valence-electron chi connectivity index (χ1n) is 5.46. The zero-order chi connectivity index (χ0) is 13.3. The van der Waals surface area contributed by atoms with Crippen LogP contribution in [-0.2, 0) is 14.3 Å². The quantitative estimate of drug-likeness (QED) is 0.628. The van der Waals surface area contributed by atoms with E-state index in [2.05, 4.69) is 4.74 Å². The lowest BCUT2D eigenvalue weighted by Crippen LogP contribution is -2.27. The van der Waals surface area contributed by atoms with E-state index in [1.807, 2.05) is 0 Å². The molecule has 0 aromatic heterocycles. The average Bonchev–Trinajstić information content (AvgIpc) is 2.70. The standard InChI is InChI=1S/C12H13FN2O3/c1-18-12(17)7-5-10(16)15(6-7)11-8(13)3-2-4-9(11)14/h2-4,7H,5-6,14H2,1H3. The van der Waals surface area contributed by atoms with E-state index in [9.17, 15) is 14.0 Å². The number of carbonyl (C=O) groups is 2. The fourth-order valence-electron chi connectivity index (χ4n) is 2.07. The molecule has 0 saturated carbocycles. The van der Waals surface area contributed by atoms with Crippen molar-refractivity contribution in [1.29, 1.82) is 0 Å². The highest BCUT2D eigenvalue weighted by Gasteiger charge is 2.37. The Balaban J connectivity index is 2.30. The minimum absolute atomic E-state index is 0.0143. The molecule has 1 aliphatic rings. The minimum Gasteiger partial charge on any atom is -0.469 e. The molecule has 2 rings (SSSR count). The van der Waals surface area contributed by atoms with Crippen molar-refractivity contribution < 1.29 is 18.7 Å². The summed E-state index contributed by atoms with van der Waals surface area (Å²) >= 11 is 0. The molecule has 1 atom stereocenters. The molecule has 0 bridgehead atoms. The highest BCUT2D eigenvalue weighted by Crippen LogP contribution is 2.32. The Morgan fingerprint density at radius 1 is 1.56 bits per heavy atom. The Labute approximate surface area is 103 Å². The van der Waals surface area contributed by atoms with Crippen LogP contribution >= 0.6 is 0 Å². The number of nitrogen functional groups attached to an aromatic ring is 1. The monoisotopic (exact) mass is 252 g/mol. The smallest absolute Gasteiger partial charge is 0.311 e. The van der Waals surface area contributed by atoms with E-state index in [0.29, 0.717) is 0 Å². The topological polar surface area (TPSA) is 72.6 Å². The van der Waals surface area contributed by atoms with Crippen molar-refractivity contribution in [2.75, 3.05) is 24.3 Å². The predicted molar refractivity (Wildman–Crippen MR) is 63.3 cm³/mol. The lowest BCUT2D eigenvalue weighted by molar-refractivity contribution is -0.145. The number of ether oxygens (including phenoxy) is 1. The summed E-state index contributed by atoms with van der Waals surface area (Å²) in [7, 11) is 1.26. The van der Waals surface area contributed by atoms with Gasteiger partial charge in [0.1, 0.15) is 11.5 Å². The Kier molecular flexibility index (Phi) is 3.18. The third-order valence-electron chi connectivity index (χ3n) is 2.95. The molecule has 1 amide bonds. The molecule has 0 radical (unpaired) electrons. The molecular weight excluding hydrogens is 239 g/mol. The Morgan fingerprint density at radius 3 is 2.89 bits per heavy atom. The third kappa shape index (κ3) is 2.01. The predicted octanol–water partition coefficient (Wildman–Crippen LogP) is 0.934. The van der Waals surface area contributed by atoms with Crippen molar-refractivity contribution in [2.45, 2.75) is 6.42 Å². The minimum atomic E-state index is -0.575. The number of halogens is 1. The molecule has 1 fully saturated rings. The lowest BCUT2D eigenvalue weighted by atomic mass is 10.1. The number of benzene rings is 1. The molecule has 2 N–H and O–H groups in total. The van der Waals surface area contributed by atoms with E-state index in [1.54, 1.807) is 0 Å². The molecule has 0 spiro atoms. The molecule has 18 heavy (non-hydrogen) atoms. The first-order chi connectivity index (χ1) is 8.54. The van der Waals surface area contributed by atoms with Crippen molar-refractivity contribution in [3.8, 4) is 0 Å². The number of para-hydroxylation sites is 1. The van der Waals surface area contributed by atoms with Gasteiger partial charge in [0.05, 0.1) is 18.7 Å². The van der Waals surface area contributed by atoms with Gasteiger partial charge in [0.25, 0.3) is 0 Å². The van der Waals surface area contributed by atoms with E-state index in [4.69, 9.17) is 5.73 Å². The highest BCUT2D eigenvalue weighted by atomic mass is 19.1. The molecular formula is C12H13FN2O3. The van der Waals surface area contributed by atoms with Gasteiger partial charge in [0.2, 0.25) is 5.91 Å². The number of hydrogen-bond acceptors (Lipinski definition) is 4. The van der Waals surface area contributed by atoms with Gasteiger partial charge in [0, 0.05) is 13.0 Å². The summed E-state index contributed by atoms with van der Waals surface area (Å²) in [5.41, 5.74) is 5.88. The molecule has 6 heteroatoms. The SMILES string of the molecule is COC(=O)C1CC(=O)N(c2c(N)cccc2F)C1. The highest BCUT2D eigenvalue weighted by molar-refractivity contribution is 6.01. The van der Waals surface area contributed by atoms with Gasteiger partial charge in [-0.3, -0.25) is 9.59 Å². The van der Waals surface area contributed by atoms with Crippen molar-refractivity contribution in [2.24, 2.45) is 5.92 Å². The van der Waals surface area contributed by atoms with E-state index in [1.165, 1.54) is 30.2 Å². The summed E-state index contributed by atoms with van der Waals surface area (Å²) in [6.07, 6.45) is 0.0143. The molecule has 1 aliphatic heterocycles. The second kappa shape index (κ2) is 4.64. The molecule has 0 aliphatic carbocycles. The zero-order valence-electron chi connectivity index (χ0n) is 9.85. The van der Waals surface area contributed by atoms with Crippen LogP contribution in [0.1, 0.15) is 6.42 Å². The average molecular weight is 252 g/mol. The Morgan fingerprint density at radius 2 is 2.28 bits per heavy atom. The summed E-state index contributed by atoms with van der Waals surface area (Å²) in [5.74, 6) is -1.95. The normalized spacial score (nSPS) is 19.1. The maximum atomic E-state index is 13.7. The van der Waals surface area contributed by atoms with Crippen LogP contribution in [0.15, 0.2) is 18.2 Å². The first kappa shape index (κ1) is 12.3. The lowest BCUT2D eigenvalue weighted by Gasteiger charge is -2.19. The van der Waals surface area contributed by atoms with Crippen molar-refractivity contribution in [3.05, 3.63) is 24.0 Å². The number of hydrogen-bond donors (Lipinski definition) is 1. The number of carbonyl (C=O) groups excluding carboxylic acids is 2. The van der Waals surface area contributed by atoms with Gasteiger partial charge < -0.3 is 15.4 Å². The fraction of sp³-hybridized carbons (Fsp3) is 0.333. The number of esters is 1. The maximum Gasteiger partial charge on any atom is 0.311 e. The molecule has 96 valence electrons. The Bertz CT molecular complexity index is 484. The van der Waals surface area contributed by atoms with Gasteiger partial charge in [0.15, 0.2) is 0 Å². The summed E-state index contributed by atoms with van der Waals surface area (Å²) in [4.78, 5) is 24.4. The van der Waals surface area contributed by atoms with Crippen LogP contribution in [0.2, 0.25) is 0 Å². The number of amides is 1. The maximum absolute atomic E-state index is 13.7. The van der Waals surface area contributed by atoms with Crippen LogP contribution < -0.4 is 10.6 Å². The number of methoxy groups -OCH3 is 1. The van der Waals surface area contributed by atoms with Crippen LogP contribution in [0.4, 0.5) is 15.8 Å². The molecule has 1 aromatic rings. The van der Waals surface area contributed by atoms with Crippen molar-refractivity contribution in [3.63, 3.8) is 0 Å². The Hall–Kier alpha value is -2.11. The van der Waals surface area contributed by atoms with Crippen molar-refractivity contribution >= 4 is 23.3 Å². The van der Waals surface area contributed by atoms with Crippen LogP contribution in [-0.4, -0.2) is 25.5 Å². The summed E-state index contributed by atoms with van der Waals surface area (Å²) < 4.78 is 18.3. The number of rotatable bonds is 2. The largest absolute Gasteiger partial charge is 0.469 e. The van der Waals surface area contributed by atoms with Crippen LogP contribution in [0.3, 0.4) is 0 Å². The fourth-order valence-corrected chi connectivity index (χ4v) is 2.07. The summed E-state index contributed by atoms with van der Waals surface area (Å²) in [5, 5.41) is 0. The molecule has 1 unspecified atom stereocenters. The van der Waals surface area contributed by atoms with Gasteiger partial charge in [-0.1, -0.05) is 6.07 Å². The van der Waals surface area contributed by atoms with Gasteiger partial charge in [-0.05, 0) is 12.1 Å². The number of anilines is 2. The van der Waals surface area contributed by atoms with Crippen molar-refractivity contribution in [1.82, 2.24) is 0 Å². The molecule has 1 aromatic carbocycles. The molecule has 1 saturated heterocycles. The van der Waals surface area contributed by atoms with E-state index >= 15 is 0 Å². The number of nitrogens with zero attached hydrogens (tertiary/aromatic N) is 1. The second-order valence-corrected chi connectivity index (χ2v) is 4.11. The van der Waals surface area contributed by atoms with Crippen LogP contribution in [0.25, 0.3) is 0 Å². The van der Waals surface area contributed by atoms with Crippen LogP contribution in [0.5, 0.6) is 0 Å². The molecule has 5 nitrogen and oxygen atoms in total. The van der Waals surface area contributed by atoms with E-state index < -0.39 is 17.7 Å². The first-order valence-corrected chi connectivity index (χ1v) is 5.46. The van der Waals surface area contributed by atoms with Gasteiger partial charge in [-0.2, -0.15) is 0 Å². The van der Waals surface area contributed by atoms with Crippen LogP contribution in [0, 0.1) is 11.7 Å². The van der Waals surface area contributed by atoms with E-state index in [-0.39, 0.29) is 30.2 Å². The number of nitrogens with two attached hydrogens (primary N) is 1. The van der Waals surface area contributed by atoms with Gasteiger partial charge in [-0.25, -0.2) is 4.39 Å². The van der Waals surface area contributed by atoms with Gasteiger partial charge >= 0.3 is 5.97 Å².